The van der Waals surface area contributed by atoms with E-state index < -0.39 is 7.82 Å². The van der Waals surface area contributed by atoms with E-state index in [-0.39, 0.29) is 85.4 Å². The molecule has 0 aliphatic carbocycles. The summed E-state index contributed by atoms with van der Waals surface area (Å²) >= 11 is 0. The van der Waals surface area contributed by atoms with Gasteiger partial charge in [0.25, 0.3) is 0 Å². The second-order valence-electron chi connectivity index (χ2n) is 0.447. The molecule has 0 aromatic carbocycles. The van der Waals surface area contributed by atoms with Crippen molar-refractivity contribution in [3.05, 3.63) is 0 Å². The third kappa shape index (κ3) is 73.8. The topological polar surface area (TPSA) is 115 Å². The normalized spacial score (nSPS) is 7.38. The van der Waals surface area contributed by atoms with Crippen LogP contribution in [0.5, 0.6) is 0 Å². The summed E-state index contributed by atoms with van der Waals surface area (Å²) in [6.45, 7) is 0. The summed E-state index contributed by atoms with van der Waals surface area (Å²) in [7, 11) is -5.39. The van der Waals surface area contributed by atoms with Crippen molar-refractivity contribution in [1.29, 1.82) is 0 Å². The van der Waals surface area contributed by atoms with Gasteiger partial charge in [0, 0.05) is 0 Å². The van der Waals surface area contributed by atoms with E-state index in [4.69, 9.17) is 19.2 Å². The molecule has 0 bridgehead atoms. The Morgan fingerprint density at radius 2 is 1.12 bits per heavy atom. The van der Waals surface area contributed by atoms with Crippen LogP contribution in [0.15, 0.2) is 0 Å². The Bertz CT molecular complexity index is 58.6. The van der Waals surface area contributed by atoms with Crippen molar-refractivity contribution < 1.29 is 105 Å². The Morgan fingerprint density at radius 3 is 1.12 bits per heavy atom. The molecule has 0 N–H and O–H groups in total. The van der Waals surface area contributed by atoms with Crippen molar-refractivity contribution in [2.45, 2.75) is 0 Å². The third-order valence-electron chi connectivity index (χ3n) is 0. The smallest absolute Gasteiger partial charge is 2.00 e. The van der Waals surface area contributed by atoms with Gasteiger partial charge in [-0.2, -0.15) is 7.82 Å². The Morgan fingerprint density at radius 1 is 1.12 bits per heavy atom. The molecule has 0 saturated carbocycles. The summed E-state index contributed by atoms with van der Waals surface area (Å²) in [4.78, 5) is 25.6. The molecule has 0 aliphatic heterocycles. The van der Waals surface area contributed by atoms with Crippen LogP contribution in [-0.4, -0.2) is 0 Å². The fourth-order valence-corrected chi connectivity index (χ4v) is 0. The zero-order chi connectivity index (χ0) is 4.50. The standard InChI is InChI=1S/H3O4P.O.Rb.Ti/c1-5(2,3)4;;;/h(H3,1,2,3,4);;;/q;-2;+1;+4/p-3. The molecular formula is O5PRbTi. The minimum atomic E-state index is -5.39. The molecule has 0 saturated heterocycles. The maximum absolute atomic E-state index is 8.55. The van der Waals surface area contributed by atoms with Gasteiger partial charge in [-0.05, 0) is 0 Å². The fraction of sp³-hybridized carbons (Fsp3) is 0. The Kier molecular flexibility index (Phi) is 26.9. The van der Waals surface area contributed by atoms with Crippen LogP contribution >= 0.6 is 7.82 Å². The largest absolute Gasteiger partial charge is 4.00 e. The van der Waals surface area contributed by atoms with E-state index in [1.54, 1.807) is 0 Å². The van der Waals surface area contributed by atoms with Gasteiger partial charge in [-0.1, -0.05) is 0 Å². The molecule has 8 heteroatoms. The van der Waals surface area contributed by atoms with Crippen molar-refractivity contribution in [3.63, 3.8) is 0 Å². The molecule has 0 aromatic heterocycles. The average molecular weight is 244 g/mol. The first-order valence-electron chi connectivity index (χ1n) is 0.730. The average Bonchev–Trinajstić information content (AvgIpc) is 0.722. The van der Waals surface area contributed by atoms with Gasteiger partial charge in [0.15, 0.2) is 0 Å². The van der Waals surface area contributed by atoms with Gasteiger partial charge in [0.2, 0.25) is 0 Å². The molecule has 0 aromatic rings. The van der Waals surface area contributed by atoms with Crippen LogP contribution in [0.3, 0.4) is 0 Å². The first-order chi connectivity index (χ1) is 2.00. The molecule has 40 valence electrons. The van der Waals surface area contributed by atoms with Gasteiger partial charge in [0.1, 0.15) is 0 Å². The van der Waals surface area contributed by atoms with E-state index >= 15 is 0 Å². The second kappa shape index (κ2) is 9.59. The zero-order valence-corrected chi connectivity index (χ0v) is 11.4. The molecule has 0 atom stereocenters. The number of hydrogen-bond acceptors (Lipinski definition) is 4. The van der Waals surface area contributed by atoms with Crippen molar-refractivity contribution in [2.24, 2.45) is 0 Å². The number of rotatable bonds is 0. The monoisotopic (exact) mass is 244 g/mol. The third-order valence-corrected chi connectivity index (χ3v) is 0. The molecule has 0 amide bonds. The molecule has 0 rings (SSSR count). The van der Waals surface area contributed by atoms with Crippen molar-refractivity contribution in [2.75, 3.05) is 0 Å². The molecule has 5 nitrogen and oxygen atoms in total. The summed E-state index contributed by atoms with van der Waals surface area (Å²) in [5.41, 5.74) is 0. The van der Waals surface area contributed by atoms with Crippen molar-refractivity contribution in [3.8, 4) is 0 Å². The van der Waals surface area contributed by atoms with Crippen LogP contribution in [0, 0.1) is 0 Å². The quantitative estimate of drug-likeness (QED) is 0.311. The molecule has 0 unspecified atom stereocenters. The Balaban J connectivity index is -0.0000000267. The Hall–Kier alpha value is 2.59. The van der Waals surface area contributed by atoms with E-state index in [0.29, 0.717) is 0 Å². The number of phosphoric acid groups is 1. The summed E-state index contributed by atoms with van der Waals surface area (Å²) < 4.78 is 8.55. The van der Waals surface area contributed by atoms with Crippen molar-refractivity contribution >= 4 is 7.82 Å². The summed E-state index contributed by atoms with van der Waals surface area (Å²) in [6, 6.07) is 0. The summed E-state index contributed by atoms with van der Waals surface area (Å²) in [5.74, 6) is 0. The molecule has 0 fully saturated rings. The van der Waals surface area contributed by atoms with Gasteiger partial charge >= 0.3 is 79.9 Å². The van der Waals surface area contributed by atoms with E-state index in [9.17, 15) is 0 Å². The van der Waals surface area contributed by atoms with Crippen molar-refractivity contribution in [1.82, 2.24) is 0 Å². The minimum absolute atomic E-state index is 0. The molecule has 0 radical (unpaired) electrons. The SMILES string of the molecule is O=P([O-])([O-])[O-].[O-2].[Rb+].[Ti+4]. The van der Waals surface area contributed by atoms with Gasteiger partial charge in [0.05, 0.1) is 0 Å². The molecule has 0 heterocycles. The van der Waals surface area contributed by atoms with Crippen LogP contribution in [0.4, 0.5) is 0 Å². The van der Waals surface area contributed by atoms with Gasteiger partial charge < -0.3 is 24.7 Å². The molecular weight excluding hydrogens is 244 g/mol. The van der Waals surface area contributed by atoms with E-state index in [2.05, 4.69) is 0 Å². The predicted molar refractivity (Wildman–Crippen MR) is 8.29 cm³/mol. The first-order valence-corrected chi connectivity index (χ1v) is 2.19. The predicted octanol–water partition coefficient (Wildman–Crippen LogP) is -5.94. The van der Waals surface area contributed by atoms with Crippen LogP contribution in [-0.2, 0) is 31.8 Å². The summed E-state index contributed by atoms with van der Waals surface area (Å²) in [5, 5.41) is 0. The van der Waals surface area contributed by atoms with Gasteiger partial charge in [-0.25, -0.2) is 0 Å². The molecule has 0 aliphatic rings. The first kappa shape index (κ1) is 22.4. The van der Waals surface area contributed by atoms with E-state index in [1.165, 1.54) is 0 Å². The molecule has 0 spiro atoms. The van der Waals surface area contributed by atoms with Crippen LogP contribution < -0.4 is 72.9 Å². The zero-order valence-electron chi connectivity index (χ0n) is 3.99. The maximum atomic E-state index is 8.55. The van der Waals surface area contributed by atoms with Gasteiger partial charge in [-0.3, -0.25) is 0 Å². The molecule has 8 heavy (non-hydrogen) atoms. The minimum Gasteiger partial charge on any atom is -2.00 e. The summed E-state index contributed by atoms with van der Waals surface area (Å²) in [6.07, 6.45) is 0. The Labute approximate surface area is 110 Å². The maximum Gasteiger partial charge on any atom is 4.00 e. The van der Waals surface area contributed by atoms with Crippen LogP contribution in [0.25, 0.3) is 0 Å². The van der Waals surface area contributed by atoms with Crippen LogP contribution in [0.1, 0.15) is 0 Å². The van der Waals surface area contributed by atoms with Crippen LogP contribution in [0.2, 0.25) is 0 Å². The fourth-order valence-electron chi connectivity index (χ4n) is 0. The second-order valence-corrected chi connectivity index (χ2v) is 1.34. The number of hydrogen-bond donors (Lipinski definition) is 0. The van der Waals surface area contributed by atoms with E-state index in [0.717, 1.165) is 0 Å². The van der Waals surface area contributed by atoms with E-state index in [1.807, 2.05) is 0 Å². The van der Waals surface area contributed by atoms with Gasteiger partial charge in [-0.15, -0.1) is 0 Å².